The molecule has 2 heterocycles. The third kappa shape index (κ3) is 6.44. The van der Waals surface area contributed by atoms with Crippen molar-refractivity contribution in [1.29, 1.82) is 5.26 Å². The summed E-state index contributed by atoms with van der Waals surface area (Å²) < 4.78 is 1.68. The molecule has 0 fully saturated rings. The maximum atomic E-state index is 14.7. The van der Waals surface area contributed by atoms with Gasteiger partial charge in [-0.1, -0.05) is 63.2 Å². The molecule has 48 heavy (non-hydrogen) atoms. The van der Waals surface area contributed by atoms with Crippen molar-refractivity contribution >= 4 is 46.1 Å². The Morgan fingerprint density at radius 2 is 1.60 bits per heavy atom. The standard InChI is InChI=1S/C36H39N7O5/c1-22-32(38-33(45)31(19-36(3,4)5)40(6)35(47)48)34(46)41(29-17-11-12-18-30(29)42(22)23(2)44)21-26-25-14-8-10-16-28(25)43(39-26)27-15-9-7-13-24(27)20-37/h7-18,22,31-32H,19,21H2,1-6H3,(H,38,45)(H,47,48)/t22-,31-,32-/m0/s1. The van der Waals surface area contributed by atoms with Crippen LogP contribution >= 0.6 is 0 Å². The number of rotatable bonds is 7. The Kier molecular flexibility index (Phi) is 9.25. The van der Waals surface area contributed by atoms with Gasteiger partial charge in [0.05, 0.1) is 46.4 Å². The van der Waals surface area contributed by atoms with E-state index in [9.17, 15) is 29.5 Å². The second-order valence-electron chi connectivity index (χ2n) is 13.2. The van der Waals surface area contributed by atoms with Crippen LogP contribution in [0.3, 0.4) is 0 Å². The summed E-state index contributed by atoms with van der Waals surface area (Å²) in [6, 6.07) is 20.7. The predicted octanol–water partition coefficient (Wildman–Crippen LogP) is 5.08. The molecule has 2 N–H and O–H groups in total. The summed E-state index contributed by atoms with van der Waals surface area (Å²) >= 11 is 0. The van der Waals surface area contributed by atoms with Crippen molar-refractivity contribution in [3.63, 3.8) is 0 Å². The Balaban J connectivity index is 1.63. The number of carbonyl (C=O) groups excluding carboxylic acids is 3. The smallest absolute Gasteiger partial charge is 0.407 e. The Hall–Kier alpha value is -5.70. The highest BCUT2D eigenvalue weighted by molar-refractivity contribution is 6.08. The molecular formula is C36H39N7O5. The lowest BCUT2D eigenvalue weighted by Gasteiger charge is -2.35. The van der Waals surface area contributed by atoms with Crippen molar-refractivity contribution in [3.05, 3.63) is 84.1 Å². The molecule has 4 amide bonds. The number of fused-ring (bicyclic) bond motifs is 2. The van der Waals surface area contributed by atoms with Gasteiger partial charge in [0.2, 0.25) is 11.8 Å². The zero-order chi connectivity index (χ0) is 34.9. The zero-order valence-corrected chi connectivity index (χ0v) is 27.8. The first-order chi connectivity index (χ1) is 22.7. The van der Waals surface area contributed by atoms with Crippen LogP contribution in [0, 0.1) is 16.7 Å². The molecule has 3 atom stereocenters. The van der Waals surface area contributed by atoms with E-state index in [1.54, 1.807) is 54.1 Å². The van der Waals surface area contributed by atoms with Gasteiger partial charge in [0.25, 0.3) is 5.91 Å². The number of para-hydroxylation sites is 4. The molecule has 1 aliphatic heterocycles. The molecule has 248 valence electrons. The number of anilines is 2. The van der Waals surface area contributed by atoms with Crippen molar-refractivity contribution in [2.75, 3.05) is 16.8 Å². The molecule has 0 bridgehead atoms. The first-order valence-corrected chi connectivity index (χ1v) is 15.7. The lowest BCUT2D eigenvalue weighted by Crippen LogP contribution is -2.60. The largest absolute Gasteiger partial charge is 0.465 e. The molecule has 5 rings (SSSR count). The molecule has 12 heteroatoms. The van der Waals surface area contributed by atoms with E-state index in [4.69, 9.17) is 5.10 Å². The quantitative estimate of drug-likeness (QED) is 0.283. The van der Waals surface area contributed by atoms with Gasteiger partial charge in [-0.15, -0.1) is 0 Å². The lowest BCUT2D eigenvalue weighted by atomic mass is 9.87. The number of aromatic nitrogens is 2. The van der Waals surface area contributed by atoms with Crippen molar-refractivity contribution in [2.45, 2.75) is 65.7 Å². The number of carbonyl (C=O) groups is 4. The minimum absolute atomic E-state index is 0.0244. The third-order valence-corrected chi connectivity index (χ3v) is 8.59. The van der Waals surface area contributed by atoms with Gasteiger partial charge in [0, 0.05) is 19.4 Å². The summed E-state index contributed by atoms with van der Waals surface area (Å²) in [5, 5.41) is 28.1. The number of benzene rings is 3. The summed E-state index contributed by atoms with van der Waals surface area (Å²) in [5.74, 6) is -1.46. The predicted molar refractivity (Wildman–Crippen MR) is 182 cm³/mol. The number of likely N-dealkylation sites (N-methyl/N-ethyl adjacent to an activating group) is 1. The second-order valence-corrected chi connectivity index (χ2v) is 13.2. The van der Waals surface area contributed by atoms with Gasteiger partial charge in [0.1, 0.15) is 18.2 Å². The van der Waals surface area contributed by atoms with Crippen LogP contribution in [0.15, 0.2) is 72.8 Å². The molecular weight excluding hydrogens is 610 g/mol. The maximum Gasteiger partial charge on any atom is 0.407 e. The number of carboxylic acid groups (broad SMARTS) is 1. The van der Waals surface area contributed by atoms with Crippen molar-refractivity contribution in [3.8, 4) is 11.8 Å². The number of amides is 4. The monoisotopic (exact) mass is 649 g/mol. The number of nitrogens with zero attached hydrogens (tertiary/aromatic N) is 6. The molecule has 0 saturated carbocycles. The topological polar surface area (TPSA) is 152 Å². The van der Waals surface area contributed by atoms with E-state index >= 15 is 0 Å². The molecule has 1 aromatic heterocycles. The minimum atomic E-state index is -1.28. The van der Waals surface area contributed by atoms with E-state index < -0.39 is 41.4 Å². The van der Waals surface area contributed by atoms with E-state index in [2.05, 4.69) is 11.4 Å². The number of hydrogen-bond donors (Lipinski definition) is 2. The zero-order valence-electron chi connectivity index (χ0n) is 27.8. The van der Waals surface area contributed by atoms with Gasteiger partial charge in [0.15, 0.2) is 0 Å². The summed E-state index contributed by atoms with van der Waals surface area (Å²) in [6.45, 7) is 8.76. The van der Waals surface area contributed by atoms with Gasteiger partial charge in [-0.3, -0.25) is 19.3 Å². The molecule has 0 unspecified atom stereocenters. The van der Waals surface area contributed by atoms with Crippen LogP contribution in [0.25, 0.3) is 16.6 Å². The lowest BCUT2D eigenvalue weighted by molar-refractivity contribution is -0.131. The van der Waals surface area contributed by atoms with Crippen LogP contribution in [-0.2, 0) is 20.9 Å². The molecule has 12 nitrogen and oxygen atoms in total. The van der Waals surface area contributed by atoms with E-state index in [0.29, 0.717) is 28.3 Å². The van der Waals surface area contributed by atoms with Crippen LogP contribution in [-0.4, -0.2) is 68.8 Å². The molecule has 0 aliphatic carbocycles. The van der Waals surface area contributed by atoms with Gasteiger partial charge >= 0.3 is 6.09 Å². The average molecular weight is 650 g/mol. The number of hydrogen-bond acceptors (Lipinski definition) is 6. The van der Waals surface area contributed by atoms with E-state index in [1.807, 2.05) is 51.1 Å². The van der Waals surface area contributed by atoms with Crippen LogP contribution in [0.1, 0.15) is 52.3 Å². The molecule has 0 spiro atoms. The first-order valence-electron chi connectivity index (χ1n) is 15.7. The fourth-order valence-electron chi connectivity index (χ4n) is 6.26. The summed E-state index contributed by atoms with van der Waals surface area (Å²) in [4.78, 5) is 57.8. The molecule has 1 aliphatic rings. The SMILES string of the molecule is CC(=O)N1c2ccccc2N(Cc2nn(-c3ccccc3C#N)c3ccccc23)C(=O)[C@@H](NC(=O)[C@H](CC(C)(C)C)N(C)C(=O)O)[C@@H]1C. The Labute approximate surface area is 279 Å². The van der Waals surface area contributed by atoms with Gasteiger partial charge < -0.3 is 20.2 Å². The fraction of sp³-hybridized carbons (Fsp3) is 0.333. The van der Waals surface area contributed by atoms with Crippen molar-refractivity contribution in [1.82, 2.24) is 20.0 Å². The molecule has 0 saturated heterocycles. The second kappa shape index (κ2) is 13.2. The van der Waals surface area contributed by atoms with Gasteiger partial charge in [-0.25, -0.2) is 9.48 Å². The van der Waals surface area contributed by atoms with Crippen LogP contribution in [0.5, 0.6) is 0 Å². The number of nitriles is 1. The summed E-state index contributed by atoms with van der Waals surface area (Å²) in [6.07, 6.45) is -1.08. The summed E-state index contributed by atoms with van der Waals surface area (Å²) in [5.41, 5.74) is 2.80. The average Bonchev–Trinajstić information content (AvgIpc) is 3.38. The Morgan fingerprint density at radius 1 is 1.00 bits per heavy atom. The summed E-state index contributed by atoms with van der Waals surface area (Å²) in [7, 11) is 1.33. The maximum absolute atomic E-state index is 14.7. The van der Waals surface area contributed by atoms with Crippen molar-refractivity contribution < 1.29 is 24.3 Å². The van der Waals surface area contributed by atoms with Crippen molar-refractivity contribution in [2.24, 2.45) is 5.41 Å². The highest BCUT2D eigenvalue weighted by Gasteiger charge is 2.43. The molecule has 3 aromatic carbocycles. The van der Waals surface area contributed by atoms with Gasteiger partial charge in [-0.05, 0) is 49.1 Å². The van der Waals surface area contributed by atoms with Gasteiger partial charge in [-0.2, -0.15) is 10.4 Å². The van der Waals surface area contributed by atoms with E-state index in [-0.39, 0.29) is 18.9 Å². The van der Waals surface area contributed by atoms with Crippen LogP contribution in [0.2, 0.25) is 0 Å². The molecule has 0 radical (unpaired) electrons. The molecule has 4 aromatic rings. The third-order valence-electron chi connectivity index (χ3n) is 8.59. The Bertz CT molecular complexity index is 1940. The Morgan fingerprint density at radius 3 is 2.23 bits per heavy atom. The normalized spacial score (nSPS) is 16.9. The number of nitrogens with one attached hydrogen (secondary N) is 1. The highest BCUT2D eigenvalue weighted by Crippen LogP contribution is 2.37. The van der Waals surface area contributed by atoms with E-state index in [1.165, 1.54) is 23.8 Å². The fourth-order valence-corrected chi connectivity index (χ4v) is 6.26. The first kappa shape index (κ1) is 33.7. The van der Waals surface area contributed by atoms with E-state index in [0.717, 1.165) is 15.8 Å². The van der Waals surface area contributed by atoms with Crippen LogP contribution in [0.4, 0.5) is 16.2 Å². The minimum Gasteiger partial charge on any atom is -0.465 e. The highest BCUT2D eigenvalue weighted by atomic mass is 16.4. The van der Waals surface area contributed by atoms with Crippen LogP contribution < -0.4 is 15.1 Å².